The van der Waals surface area contributed by atoms with Crippen LogP contribution in [0.3, 0.4) is 0 Å². The molecule has 0 atom stereocenters. The molecular weight excluding hydrogens is 122 g/mol. The molecule has 0 bridgehead atoms. The van der Waals surface area contributed by atoms with E-state index < -0.39 is 0 Å². The largest absolute Gasteiger partial charge is 0.281 e. The van der Waals surface area contributed by atoms with E-state index in [0.29, 0.717) is 6.42 Å². The zero-order chi connectivity index (χ0) is 6.41. The molecule has 46 valence electrons. The van der Waals surface area contributed by atoms with Gasteiger partial charge in [-0.1, -0.05) is 12.7 Å². The first-order chi connectivity index (χ1) is 3.77. The van der Waals surface area contributed by atoms with Crippen LogP contribution in [0.4, 0.5) is 0 Å². The summed E-state index contributed by atoms with van der Waals surface area (Å²) in [5.41, 5.74) is 0. The molecule has 0 spiro atoms. The van der Waals surface area contributed by atoms with E-state index in [1.165, 1.54) is 0 Å². The molecule has 0 aromatic heterocycles. The molecular formula is C5H10BClO. The molecule has 0 heterocycles. The van der Waals surface area contributed by atoms with Crippen molar-refractivity contribution in [2.45, 2.75) is 25.6 Å². The van der Waals surface area contributed by atoms with E-state index in [1.54, 1.807) is 0 Å². The van der Waals surface area contributed by atoms with Gasteiger partial charge in [-0.25, -0.2) is 0 Å². The van der Waals surface area contributed by atoms with Gasteiger partial charge in [0.05, 0.1) is 0 Å². The Kier molecular flexibility index (Phi) is 5.18. The SMILES string of the molecule is BCCCCC(=O)Cl. The van der Waals surface area contributed by atoms with Gasteiger partial charge in [0.15, 0.2) is 0 Å². The van der Waals surface area contributed by atoms with Crippen LogP contribution in [0.25, 0.3) is 0 Å². The van der Waals surface area contributed by atoms with E-state index in [1.807, 2.05) is 0 Å². The summed E-state index contributed by atoms with van der Waals surface area (Å²) in [4.78, 5) is 10.1. The molecule has 0 amide bonds. The van der Waals surface area contributed by atoms with E-state index in [4.69, 9.17) is 11.6 Å². The molecule has 0 fully saturated rings. The maximum atomic E-state index is 10.1. The highest BCUT2D eigenvalue weighted by Crippen LogP contribution is 2.00. The standard InChI is InChI=1S/C5H10BClO/c6-4-2-1-3-5(7)8/h1-4,6H2. The lowest BCUT2D eigenvalue weighted by molar-refractivity contribution is -0.111. The van der Waals surface area contributed by atoms with Crippen LogP contribution < -0.4 is 0 Å². The van der Waals surface area contributed by atoms with Crippen LogP contribution >= 0.6 is 11.6 Å². The lowest BCUT2D eigenvalue weighted by Crippen LogP contribution is -1.84. The average molecular weight is 132 g/mol. The zero-order valence-electron chi connectivity index (χ0n) is 5.11. The smallest absolute Gasteiger partial charge is 0.221 e. The molecule has 0 aliphatic heterocycles. The highest BCUT2D eigenvalue weighted by atomic mass is 35.5. The van der Waals surface area contributed by atoms with Gasteiger partial charge in [-0.05, 0) is 18.0 Å². The number of hydrogen-bond donors (Lipinski definition) is 0. The van der Waals surface area contributed by atoms with Gasteiger partial charge in [0.1, 0.15) is 7.85 Å². The van der Waals surface area contributed by atoms with E-state index >= 15 is 0 Å². The van der Waals surface area contributed by atoms with Gasteiger partial charge in [0.2, 0.25) is 5.24 Å². The Hall–Kier alpha value is 0.0249. The minimum Gasteiger partial charge on any atom is -0.281 e. The van der Waals surface area contributed by atoms with E-state index in [-0.39, 0.29) is 5.24 Å². The second-order valence-electron chi connectivity index (χ2n) is 1.81. The number of carbonyl (C=O) groups is 1. The maximum Gasteiger partial charge on any atom is 0.221 e. The van der Waals surface area contributed by atoms with Crippen LogP contribution in [0.2, 0.25) is 6.32 Å². The topological polar surface area (TPSA) is 17.1 Å². The fourth-order valence-electron chi connectivity index (χ4n) is 0.514. The van der Waals surface area contributed by atoms with Crippen LogP contribution in [-0.2, 0) is 4.79 Å². The van der Waals surface area contributed by atoms with Gasteiger partial charge in [-0.2, -0.15) is 0 Å². The van der Waals surface area contributed by atoms with Crippen LogP contribution in [0.1, 0.15) is 19.3 Å². The summed E-state index contributed by atoms with van der Waals surface area (Å²) >= 11 is 5.07. The summed E-state index contributed by atoms with van der Waals surface area (Å²) in [5, 5.41) is -0.210. The Balaban J connectivity index is 2.82. The number of halogens is 1. The molecule has 0 aromatic rings. The Morgan fingerprint density at radius 1 is 1.50 bits per heavy atom. The maximum absolute atomic E-state index is 10.1. The van der Waals surface area contributed by atoms with Gasteiger partial charge in [0, 0.05) is 6.42 Å². The normalized spacial score (nSPS) is 9.12. The van der Waals surface area contributed by atoms with Crippen molar-refractivity contribution in [1.29, 1.82) is 0 Å². The van der Waals surface area contributed by atoms with Crippen molar-refractivity contribution in [3.05, 3.63) is 0 Å². The van der Waals surface area contributed by atoms with Crippen molar-refractivity contribution in [3.8, 4) is 0 Å². The highest BCUT2D eigenvalue weighted by Gasteiger charge is 1.92. The predicted molar refractivity (Wildman–Crippen MR) is 38.1 cm³/mol. The first-order valence-corrected chi connectivity index (χ1v) is 3.33. The summed E-state index contributed by atoms with van der Waals surface area (Å²) in [6.45, 7) is 0. The van der Waals surface area contributed by atoms with Gasteiger partial charge in [-0.15, -0.1) is 0 Å². The zero-order valence-corrected chi connectivity index (χ0v) is 5.87. The third kappa shape index (κ3) is 6.02. The first-order valence-electron chi connectivity index (χ1n) is 2.95. The molecule has 0 aliphatic carbocycles. The monoisotopic (exact) mass is 132 g/mol. The van der Waals surface area contributed by atoms with Crippen LogP contribution in [0.5, 0.6) is 0 Å². The summed E-state index contributed by atoms with van der Waals surface area (Å²) in [5.74, 6) is 0. The van der Waals surface area contributed by atoms with Gasteiger partial charge >= 0.3 is 0 Å². The number of rotatable bonds is 4. The van der Waals surface area contributed by atoms with Crippen LogP contribution in [-0.4, -0.2) is 13.1 Å². The Morgan fingerprint density at radius 3 is 2.50 bits per heavy atom. The van der Waals surface area contributed by atoms with Crippen molar-refractivity contribution in [2.24, 2.45) is 0 Å². The van der Waals surface area contributed by atoms with Crippen LogP contribution in [0, 0.1) is 0 Å². The third-order valence-electron chi connectivity index (χ3n) is 0.977. The Morgan fingerprint density at radius 2 is 2.12 bits per heavy atom. The van der Waals surface area contributed by atoms with Crippen molar-refractivity contribution >= 4 is 24.7 Å². The predicted octanol–water partition coefficient (Wildman–Crippen LogP) is 0.973. The third-order valence-corrected chi connectivity index (χ3v) is 1.17. The molecule has 0 N–H and O–H groups in total. The van der Waals surface area contributed by atoms with E-state index in [2.05, 4.69) is 7.85 Å². The molecule has 0 saturated heterocycles. The van der Waals surface area contributed by atoms with E-state index in [0.717, 1.165) is 19.2 Å². The molecule has 1 nitrogen and oxygen atoms in total. The Bertz CT molecular complexity index is 74.8. The summed E-state index contributed by atoms with van der Waals surface area (Å²) in [7, 11) is 2.10. The molecule has 8 heavy (non-hydrogen) atoms. The first kappa shape index (κ1) is 8.02. The fourth-order valence-corrected chi connectivity index (χ4v) is 0.648. The molecule has 0 saturated carbocycles. The second-order valence-corrected chi connectivity index (χ2v) is 2.23. The van der Waals surface area contributed by atoms with Gasteiger partial charge in [0.25, 0.3) is 0 Å². The number of unbranched alkanes of at least 4 members (excludes halogenated alkanes) is 1. The Labute approximate surface area is 55.8 Å². The summed E-state index contributed by atoms with van der Waals surface area (Å²) < 4.78 is 0. The lowest BCUT2D eigenvalue weighted by Gasteiger charge is -1.89. The summed E-state index contributed by atoms with van der Waals surface area (Å²) in [6.07, 6.45) is 3.73. The minimum atomic E-state index is -0.210. The second kappa shape index (κ2) is 5.17. The molecule has 0 aliphatic rings. The molecule has 0 radical (unpaired) electrons. The summed E-state index contributed by atoms with van der Waals surface area (Å²) in [6, 6.07) is 0. The average Bonchev–Trinajstić information content (AvgIpc) is 1.66. The van der Waals surface area contributed by atoms with Crippen molar-refractivity contribution in [2.75, 3.05) is 0 Å². The van der Waals surface area contributed by atoms with Crippen LogP contribution in [0.15, 0.2) is 0 Å². The van der Waals surface area contributed by atoms with Crippen molar-refractivity contribution < 1.29 is 4.79 Å². The van der Waals surface area contributed by atoms with Crippen molar-refractivity contribution in [3.63, 3.8) is 0 Å². The molecule has 0 aromatic carbocycles. The highest BCUT2D eigenvalue weighted by molar-refractivity contribution is 6.63. The fraction of sp³-hybridized carbons (Fsp3) is 0.800. The molecule has 3 heteroatoms. The van der Waals surface area contributed by atoms with Gasteiger partial charge in [-0.3, -0.25) is 4.79 Å². The van der Waals surface area contributed by atoms with E-state index in [9.17, 15) is 4.79 Å². The van der Waals surface area contributed by atoms with Crippen molar-refractivity contribution in [1.82, 2.24) is 0 Å². The minimum absolute atomic E-state index is 0.210. The number of hydrogen-bond acceptors (Lipinski definition) is 1. The molecule has 0 rings (SSSR count). The lowest BCUT2D eigenvalue weighted by atomic mass is 10.00. The number of carbonyl (C=O) groups excluding carboxylic acids is 1. The molecule has 0 unspecified atom stereocenters. The quantitative estimate of drug-likeness (QED) is 0.316. The van der Waals surface area contributed by atoms with Gasteiger partial charge < -0.3 is 0 Å².